The Balaban J connectivity index is 2.15. The zero-order chi connectivity index (χ0) is 14.7. The highest BCUT2D eigenvalue weighted by atomic mass is 32.2. The van der Waals surface area contributed by atoms with Gasteiger partial charge in [0, 0.05) is 19.2 Å². The number of carbonyl (C=O) groups excluding carboxylic acids is 1. The van der Waals surface area contributed by atoms with E-state index in [4.69, 9.17) is 12.2 Å². The van der Waals surface area contributed by atoms with Gasteiger partial charge in [-0.2, -0.15) is 0 Å². The number of benzene rings is 1. The fraction of sp³-hybridized carbons (Fsp3) is 0.0769. The molecule has 0 aliphatic carbocycles. The third-order valence-electron chi connectivity index (χ3n) is 2.60. The fourth-order valence-electron chi connectivity index (χ4n) is 1.55. The van der Waals surface area contributed by atoms with Gasteiger partial charge in [-0.05, 0) is 11.6 Å². The molecule has 102 valence electrons. The van der Waals surface area contributed by atoms with Gasteiger partial charge in [-0.25, -0.2) is 0 Å². The minimum atomic E-state index is -0.445. The average molecular weight is 306 g/mol. The number of nitro benzene ring substituents is 1. The number of rotatable bonds is 3. The topological polar surface area (TPSA) is 63.5 Å². The monoisotopic (exact) mass is 306 g/mol. The molecule has 0 saturated carbocycles. The molecule has 1 saturated heterocycles. The smallest absolute Gasteiger partial charge is 0.270 e. The Morgan fingerprint density at radius 3 is 2.80 bits per heavy atom. The second kappa shape index (κ2) is 5.98. The third-order valence-corrected chi connectivity index (χ3v) is 4.11. The zero-order valence-electron chi connectivity index (χ0n) is 10.5. The number of nitrogens with zero attached hydrogens (tertiary/aromatic N) is 2. The number of carbonyl (C=O) groups is 1. The lowest BCUT2D eigenvalue weighted by Crippen LogP contribution is -2.22. The number of thioether (sulfide) groups is 1. The van der Waals surface area contributed by atoms with E-state index in [1.807, 2.05) is 0 Å². The Labute approximate surface area is 125 Å². The lowest BCUT2D eigenvalue weighted by molar-refractivity contribution is -0.384. The van der Waals surface area contributed by atoms with E-state index in [2.05, 4.69) is 0 Å². The van der Waals surface area contributed by atoms with Crippen LogP contribution >= 0.6 is 24.0 Å². The van der Waals surface area contributed by atoms with Crippen molar-refractivity contribution in [3.05, 3.63) is 57.0 Å². The fourth-order valence-corrected chi connectivity index (χ4v) is 2.68. The summed E-state index contributed by atoms with van der Waals surface area (Å²) in [7, 11) is 1.63. The van der Waals surface area contributed by atoms with Crippen molar-refractivity contribution in [2.45, 2.75) is 0 Å². The van der Waals surface area contributed by atoms with Crippen molar-refractivity contribution in [1.29, 1.82) is 0 Å². The summed E-state index contributed by atoms with van der Waals surface area (Å²) in [5, 5.41) is 10.7. The summed E-state index contributed by atoms with van der Waals surface area (Å²) in [6, 6.07) is 6.26. The number of hydrogen-bond acceptors (Lipinski definition) is 5. The minimum absolute atomic E-state index is 0.0343. The highest BCUT2D eigenvalue weighted by Gasteiger charge is 2.27. The Morgan fingerprint density at radius 2 is 2.20 bits per heavy atom. The van der Waals surface area contributed by atoms with Crippen molar-refractivity contribution in [3.8, 4) is 0 Å². The van der Waals surface area contributed by atoms with E-state index >= 15 is 0 Å². The molecule has 1 fully saturated rings. The maximum Gasteiger partial charge on any atom is 0.270 e. The summed E-state index contributed by atoms with van der Waals surface area (Å²) in [5.74, 6) is -0.135. The van der Waals surface area contributed by atoms with Gasteiger partial charge in [0.05, 0.1) is 9.83 Å². The number of likely N-dealkylation sites (N-methyl/N-ethyl adjacent to an activating group) is 1. The normalized spacial score (nSPS) is 17.4. The zero-order valence-corrected chi connectivity index (χ0v) is 12.1. The Bertz CT molecular complexity index is 653. The molecule has 0 radical (unpaired) electrons. The average Bonchev–Trinajstić information content (AvgIpc) is 2.67. The molecule has 5 nitrogen and oxygen atoms in total. The molecule has 0 spiro atoms. The van der Waals surface area contributed by atoms with E-state index in [1.165, 1.54) is 28.8 Å². The van der Waals surface area contributed by atoms with E-state index in [9.17, 15) is 14.9 Å². The number of amides is 1. The largest absolute Gasteiger partial charge is 0.296 e. The van der Waals surface area contributed by atoms with E-state index in [1.54, 1.807) is 37.4 Å². The first-order valence-electron chi connectivity index (χ1n) is 5.62. The van der Waals surface area contributed by atoms with Crippen molar-refractivity contribution < 1.29 is 9.72 Å². The van der Waals surface area contributed by atoms with Gasteiger partial charge in [0.25, 0.3) is 11.6 Å². The molecule has 20 heavy (non-hydrogen) atoms. The van der Waals surface area contributed by atoms with Crippen LogP contribution in [0.15, 0.2) is 41.3 Å². The van der Waals surface area contributed by atoms with Crippen LogP contribution in [0.1, 0.15) is 5.56 Å². The molecule has 1 aromatic rings. The summed E-state index contributed by atoms with van der Waals surface area (Å²) in [4.78, 5) is 23.9. The molecular formula is C13H10N2O3S2. The standard InChI is InChI=1S/C13H10N2O3S2/c1-14-12(16)11(20-13(14)19)7-3-5-9-4-2-6-10(8-9)15(17)18/h2-8H,1H3/b5-3+,11-7-. The summed E-state index contributed by atoms with van der Waals surface area (Å²) in [6.07, 6.45) is 5.04. The molecule has 1 aromatic carbocycles. The van der Waals surface area contributed by atoms with Crippen molar-refractivity contribution in [3.63, 3.8) is 0 Å². The van der Waals surface area contributed by atoms with Gasteiger partial charge in [0.2, 0.25) is 0 Å². The van der Waals surface area contributed by atoms with Crippen LogP contribution in [-0.2, 0) is 4.79 Å². The number of hydrogen-bond donors (Lipinski definition) is 0. The molecule has 0 atom stereocenters. The van der Waals surface area contributed by atoms with Gasteiger partial charge in [-0.1, -0.05) is 48.3 Å². The van der Waals surface area contributed by atoms with Crippen LogP contribution in [0, 0.1) is 10.1 Å². The summed E-state index contributed by atoms with van der Waals surface area (Å²) in [6.45, 7) is 0. The summed E-state index contributed by atoms with van der Waals surface area (Å²) >= 11 is 6.25. The van der Waals surface area contributed by atoms with E-state index in [0.717, 1.165) is 0 Å². The van der Waals surface area contributed by atoms with E-state index < -0.39 is 4.92 Å². The Hall–Kier alpha value is -1.99. The SMILES string of the molecule is CN1C(=O)/C(=C/C=C/c2cccc([N+](=O)[O-])c2)SC1=S. The Kier molecular flexibility index (Phi) is 4.31. The van der Waals surface area contributed by atoms with E-state index in [0.29, 0.717) is 14.8 Å². The van der Waals surface area contributed by atoms with Crippen LogP contribution in [0.25, 0.3) is 6.08 Å². The number of nitro groups is 1. The lowest BCUT2D eigenvalue weighted by Gasteiger charge is -2.03. The number of thiocarbonyl (C=S) groups is 1. The van der Waals surface area contributed by atoms with Gasteiger partial charge >= 0.3 is 0 Å². The van der Waals surface area contributed by atoms with Crippen LogP contribution in [0.3, 0.4) is 0 Å². The van der Waals surface area contributed by atoms with Crippen molar-refractivity contribution in [2.24, 2.45) is 0 Å². The van der Waals surface area contributed by atoms with Gasteiger partial charge in [-0.3, -0.25) is 19.8 Å². The molecule has 1 aliphatic rings. The quantitative estimate of drug-likeness (QED) is 0.372. The molecule has 7 heteroatoms. The van der Waals surface area contributed by atoms with Crippen molar-refractivity contribution in [1.82, 2.24) is 4.90 Å². The highest BCUT2D eigenvalue weighted by molar-refractivity contribution is 8.26. The van der Waals surface area contributed by atoms with Crippen molar-refractivity contribution >= 4 is 46.0 Å². The maximum atomic E-state index is 11.7. The molecule has 1 amide bonds. The van der Waals surface area contributed by atoms with Crippen LogP contribution in [-0.4, -0.2) is 27.1 Å². The third kappa shape index (κ3) is 3.12. The van der Waals surface area contributed by atoms with Crippen LogP contribution in [0.2, 0.25) is 0 Å². The Morgan fingerprint density at radius 1 is 1.45 bits per heavy atom. The molecule has 1 heterocycles. The molecule has 0 aromatic heterocycles. The molecule has 0 N–H and O–H groups in total. The molecule has 2 rings (SSSR count). The van der Waals surface area contributed by atoms with Crippen LogP contribution in [0.5, 0.6) is 0 Å². The first kappa shape index (κ1) is 14.4. The van der Waals surface area contributed by atoms with Gasteiger partial charge < -0.3 is 0 Å². The second-order valence-electron chi connectivity index (χ2n) is 3.97. The lowest BCUT2D eigenvalue weighted by atomic mass is 10.2. The summed E-state index contributed by atoms with van der Waals surface area (Å²) < 4.78 is 0.519. The molecular weight excluding hydrogens is 296 g/mol. The first-order valence-corrected chi connectivity index (χ1v) is 6.84. The molecule has 0 bridgehead atoms. The predicted molar refractivity (Wildman–Crippen MR) is 83.2 cm³/mol. The van der Waals surface area contributed by atoms with Crippen LogP contribution in [0.4, 0.5) is 5.69 Å². The molecule has 0 unspecified atom stereocenters. The van der Waals surface area contributed by atoms with Gasteiger partial charge in [-0.15, -0.1) is 0 Å². The van der Waals surface area contributed by atoms with Crippen molar-refractivity contribution in [2.75, 3.05) is 7.05 Å². The summed E-state index contributed by atoms with van der Waals surface area (Å²) in [5.41, 5.74) is 0.731. The second-order valence-corrected chi connectivity index (χ2v) is 5.65. The van der Waals surface area contributed by atoms with Gasteiger partial charge in [0.1, 0.15) is 4.32 Å². The molecule has 1 aliphatic heterocycles. The highest BCUT2D eigenvalue weighted by Crippen LogP contribution is 2.29. The first-order chi connectivity index (χ1) is 9.49. The predicted octanol–water partition coefficient (Wildman–Crippen LogP) is 2.98. The minimum Gasteiger partial charge on any atom is -0.296 e. The van der Waals surface area contributed by atoms with Crippen LogP contribution < -0.4 is 0 Å². The number of allylic oxidation sites excluding steroid dienone is 2. The maximum absolute atomic E-state index is 11.7. The number of non-ortho nitro benzene ring substituents is 1. The van der Waals surface area contributed by atoms with E-state index in [-0.39, 0.29) is 11.6 Å². The van der Waals surface area contributed by atoms with Gasteiger partial charge in [0.15, 0.2) is 0 Å².